The van der Waals surface area contributed by atoms with E-state index in [4.69, 9.17) is 5.73 Å². The normalized spacial score (nSPS) is 10.2. The molecule has 0 atom stereocenters. The number of anilines is 2. The summed E-state index contributed by atoms with van der Waals surface area (Å²) in [4.78, 5) is 17.4. The standard InChI is InChI=1S/C13H13N3O3/c1-16(11-4-5-15-7-10(11)14)13(19)9-6-8(17)2-3-12(9)18/h2-7,17-18H,14H2,1H3. The summed E-state index contributed by atoms with van der Waals surface area (Å²) in [6, 6.07) is 5.35. The maximum absolute atomic E-state index is 12.2. The largest absolute Gasteiger partial charge is 0.508 e. The van der Waals surface area contributed by atoms with E-state index < -0.39 is 5.91 Å². The zero-order valence-corrected chi connectivity index (χ0v) is 10.2. The Morgan fingerprint density at radius 3 is 2.74 bits per heavy atom. The zero-order chi connectivity index (χ0) is 14.0. The Bertz CT molecular complexity index is 628. The van der Waals surface area contributed by atoms with Gasteiger partial charge in [0.25, 0.3) is 5.91 Å². The van der Waals surface area contributed by atoms with Gasteiger partial charge in [-0.1, -0.05) is 0 Å². The van der Waals surface area contributed by atoms with Gasteiger partial charge in [-0.05, 0) is 24.3 Å². The van der Waals surface area contributed by atoms with E-state index in [9.17, 15) is 15.0 Å². The molecular formula is C13H13N3O3. The van der Waals surface area contributed by atoms with Crippen molar-refractivity contribution in [3.8, 4) is 11.5 Å². The summed E-state index contributed by atoms with van der Waals surface area (Å²) in [5.74, 6) is -0.786. The number of phenols is 2. The monoisotopic (exact) mass is 259 g/mol. The summed E-state index contributed by atoms with van der Waals surface area (Å²) in [6.45, 7) is 0. The fourth-order valence-corrected chi connectivity index (χ4v) is 1.69. The fourth-order valence-electron chi connectivity index (χ4n) is 1.69. The van der Waals surface area contributed by atoms with E-state index in [1.165, 1.54) is 42.5 Å². The summed E-state index contributed by atoms with van der Waals surface area (Å²) >= 11 is 0. The second-order valence-corrected chi connectivity index (χ2v) is 4.00. The van der Waals surface area contributed by atoms with Gasteiger partial charge in [-0.15, -0.1) is 0 Å². The second kappa shape index (κ2) is 4.85. The SMILES string of the molecule is CN(C(=O)c1cc(O)ccc1O)c1ccncc1N. The molecule has 2 rings (SSSR count). The van der Waals surface area contributed by atoms with Crippen molar-refractivity contribution in [2.45, 2.75) is 0 Å². The van der Waals surface area contributed by atoms with Gasteiger partial charge in [0.15, 0.2) is 0 Å². The van der Waals surface area contributed by atoms with Crippen LogP contribution in [0.5, 0.6) is 11.5 Å². The van der Waals surface area contributed by atoms with Crippen molar-refractivity contribution in [1.29, 1.82) is 0 Å². The highest BCUT2D eigenvalue weighted by molar-refractivity contribution is 6.08. The molecule has 0 aliphatic carbocycles. The van der Waals surface area contributed by atoms with Crippen LogP contribution in [0.1, 0.15) is 10.4 Å². The van der Waals surface area contributed by atoms with Gasteiger partial charge in [0.2, 0.25) is 0 Å². The third-order valence-electron chi connectivity index (χ3n) is 2.70. The molecule has 6 nitrogen and oxygen atoms in total. The number of hydrogen-bond donors (Lipinski definition) is 3. The van der Waals surface area contributed by atoms with Gasteiger partial charge in [-0.3, -0.25) is 9.78 Å². The van der Waals surface area contributed by atoms with Crippen LogP contribution in [0, 0.1) is 0 Å². The molecule has 1 heterocycles. The fraction of sp³-hybridized carbons (Fsp3) is 0.0769. The minimum absolute atomic E-state index is 0.00119. The van der Waals surface area contributed by atoms with Crippen molar-refractivity contribution in [3.05, 3.63) is 42.2 Å². The number of hydrogen-bond acceptors (Lipinski definition) is 5. The first-order chi connectivity index (χ1) is 9.00. The van der Waals surface area contributed by atoms with Crippen LogP contribution in [0.4, 0.5) is 11.4 Å². The summed E-state index contributed by atoms with van der Waals surface area (Å²) < 4.78 is 0. The van der Waals surface area contributed by atoms with Crippen LogP contribution in [0.2, 0.25) is 0 Å². The number of carbonyl (C=O) groups is 1. The van der Waals surface area contributed by atoms with E-state index in [1.807, 2.05) is 0 Å². The number of amides is 1. The molecule has 0 radical (unpaired) electrons. The van der Waals surface area contributed by atoms with Gasteiger partial charge in [0.05, 0.1) is 23.1 Å². The minimum Gasteiger partial charge on any atom is -0.508 e. The van der Waals surface area contributed by atoms with Crippen molar-refractivity contribution in [3.63, 3.8) is 0 Å². The summed E-state index contributed by atoms with van der Waals surface area (Å²) in [5, 5.41) is 19.0. The molecule has 0 aliphatic heterocycles. The number of pyridine rings is 1. The molecule has 2 aromatic rings. The molecule has 1 aromatic heterocycles. The summed E-state index contributed by atoms with van der Waals surface area (Å²) in [6.07, 6.45) is 2.94. The van der Waals surface area contributed by atoms with Crippen LogP contribution < -0.4 is 10.6 Å². The first-order valence-corrected chi connectivity index (χ1v) is 5.50. The molecule has 0 aliphatic rings. The van der Waals surface area contributed by atoms with Crippen molar-refractivity contribution in [2.24, 2.45) is 0 Å². The molecule has 0 fully saturated rings. The van der Waals surface area contributed by atoms with Crippen LogP contribution in [0.25, 0.3) is 0 Å². The topological polar surface area (TPSA) is 99.7 Å². The number of phenolic OH excluding ortho intramolecular Hbond substituents is 2. The third kappa shape index (κ3) is 2.42. The lowest BCUT2D eigenvalue weighted by Crippen LogP contribution is -2.27. The molecule has 1 amide bonds. The Morgan fingerprint density at radius 1 is 1.32 bits per heavy atom. The molecule has 1 aromatic carbocycles. The quantitative estimate of drug-likeness (QED) is 0.707. The van der Waals surface area contributed by atoms with Crippen LogP contribution in [-0.2, 0) is 0 Å². The lowest BCUT2D eigenvalue weighted by atomic mass is 10.1. The van der Waals surface area contributed by atoms with Gasteiger partial charge in [-0.2, -0.15) is 0 Å². The van der Waals surface area contributed by atoms with Crippen LogP contribution in [0.3, 0.4) is 0 Å². The highest BCUT2D eigenvalue weighted by Gasteiger charge is 2.19. The molecule has 0 spiro atoms. The average Bonchev–Trinajstić information content (AvgIpc) is 2.40. The lowest BCUT2D eigenvalue weighted by Gasteiger charge is -2.19. The number of nitrogen functional groups attached to an aromatic ring is 1. The average molecular weight is 259 g/mol. The van der Waals surface area contributed by atoms with Gasteiger partial charge in [0, 0.05) is 13.2 Å². The molecular weight excluding hydrogens is 246 g/mol. The van der Waals surface area contributed by atoms with Crippen LogP contribution in [-0.4, -0.2) is 28.2 Å². The molecule has 4 N–H and O–H groups in total. The number of rotatable bonds is 2. The number of carbonyl (C=O) groups excluding carboxylic acids is 1. The van der Waals surface area contributed by atoms with Crippen LogP contribution in [0.15, 0.2) is 36.7 Å². The summed E-state index contributed by atoms with van der Waals surface area (Å²) in [5.41, 5.74) is 6.56. The van der Waals surface area contributed by atoms with E-state index in [2.05, 4.69) is 4.98 Å². The Kier molecular flexibility index (Phi) is 3.24. The second-order valence-electron chi connectivity index (χ2n) is 4.00. The Labute approximate surface area is 109 Å². The number of benzene rings is 1. The van der Waals surface area contributed by atoms with Gasteiger partial charge in [-0.25, -0.2) is 0 Å². The van der Waals surface area contributed by atoms with Gasteiger partial charge >= 0.3 is 0 Å². The smallest absolute Gasteiger partial charge is 0.261 e. The Hall–Kier alpha value is -2.76. The van der Waals surface area contributed by atoms with Crippen molar-refractivity contribution in [2.75, 3.05) is 17.7 Å². The molecule has 0 unspecified atom stereocenters. The van der Waals surface area contributed by atoms with E-state index in [0.29, 0.717) is 11.4 Å². The number of aromatic hydroxyl groups is 2. The third-order valence-corrected chi connectivity index (χ3v) is 2.70. The highest BCUT2D eigenvalue weighted by atomic mass is 16.3. The van der Waals surface area contributed by atoms with E-state index in [1.54, 1.807) is 6.07 Å². The predicted molar refractivity (Wildman–Crippen MR) is 71.2 cm³/mol. The minimum atomic E-state index is -0.480. The molecule has 0 saturated carbocycles. The first kappa shape index (κ1) is 12.7. The molecule has 19 heavy (non-hydrogen) atoms. The number of aromatic nitrogens is 1. The van der Waals surface area contributed by atoms with Gasteiger partial charge < -0.3 is 20.8 Å². The van der Waals surface area contributed by atoms with Crippen molar-refractivity contribution >= 4 is 17.3 Å². The zero-order valence-electron chi connectivity index (χ0n) is 10.2. The first-order valence-electron chi connectivity index (χ1n) is 5.50. The predicted octanol–water partition coefficient (Wildman–Crippen LogP) is 1.35. The summed E-state index contributed by atoms with van der Waals surface area (Å²) in [7, 11) is 1.53. The molecule has 98 valence electrons. The number of nitrogens with zero attached hydrogens (tertiary/aromatic N) is 2. The highest BCUT2D eigenvalue weighted by Crippen LogP contribution is 2.27. The number of nitrogens with two attached hydrogens (primary N) is 1. The van der Waals surface area contributed by atoms with Crippen molar-refractivity contribution in [1.82, 2.24) is 4.98 Å². The Morgan fingerprint density at radius 2 is 2.05 bits per heavy atom. The van der Waals surface area contributed by atoms with E-state index in [0.717, 1.165) is 0 Å². The van der Waals surface area contributed by atoms with Crippen LogP contribution >= 0.6 is 0 Å². The van der Waals surface area contributed by atoms with Gasteiger partial charge in [0.1, 0.15) is 11.5 Å². The molecule has 0 bridgehead atoms. The lowest BCUT2D eigenvalue weighted by molar-refractivity contribution is 0.0990. The maximum atomic E-state index is 12.2. The van der Waals surface area contributed by atoms with Crippen molar-refractivity contribution < 1.29 is 15.0 Å². The maximum Gasteiger partial charge on any atom is 0.261 e. The Balaban J connectivity index is 2.39. The molecule has 6 heteroatoms. The molecule has 0 saturated heterocycles. The van der Waals surface area contributed by atoms with E-state index in [-0.39, 0.29) is 17.1 Å². The van der Waals surface area contributed by atoms with E-state index >= 15 is 0 Å².